The third-order valence-electron chi connectivity index (χ3n) is 4.62. The lowest BCUT2D eigenvalue weighted by Gasteiger charge is -2.15. The molecular formula is C21H15F3N2O5S. The van der Waals surface area contributed by atoms with Gasteiger partial charge in [-0.3, -0.25) is 14.9 Å². The maximum absolute atomic E-state index is 13.6. The minimum atomic E-state index is -4.70. The van der Waals surface area contributed by atoms with Gasteiger partial charge in [0.25, 0.3) is 11.1 Å². The van der Waals surface area contributed by atoms with E-state index in [1.165, 1.54) is 24.3 Å². The van der Waals surface area contributed by atoms with E-state index < -0.39 is 34.7 Å². The number of cyclic esters (lactones) is 1. The van der Waals surface area contributed by atoms with Crippen LogP contribution in [0.15, 0.2) is 47.4 Å². The van der Waals surface area contributed by atoms with E-state index in [1.54, 1.807) is 12.1 Å². The fourth-order valence-corrected chi connectivity index (χ4v) is 3.84. The van der Waals surface area contributed by atoms with E-state index in [9.17, 15) is 27.6 Å². The fourth-order valence-electron chi connectivity index (χ4n) is 3.16. The van der Waals surface area contributed by atoms with Crippen molar-refractivity contribution in [1.29, 1.82) is 0 Å². The van der Waals surface area contributed by atoms with Crippen LogP contribution in [0.2, 0.25) is 0 Å². The molecule has 4 rings (SSSR count). The van der Waals surface area contributed by atoms with Crippen molar-refractivity contribution in [3.63, 3.8) is 0 Å². The van der Waals surface area contributed by atoms with E-state index >= 15 is 0 Å². The van der Waals surface area contributed by atoms with E-state index in [2.05, 4.69) is 5.32 Å². The Morgan fingerprint density at radius 1 is 1.12 bits per heavy atom. The quantitative estimate of drug-likeness (QED) is 0.634. The number of halogens is 3. The third-order valence-corrected chi connectivity index (χ3v) is 5.43. The molecule has 1 unspecified atom stereocenters. The summed E-state index contributed by atoms with van der Waals surface area (Å²) >= 11 is 0.619. The summed E-state index contributed by atoms with van der Waals surface area (Å²) in [7, 11) is 0. The van der Waals surface area contributed by atoms with Gasteiger partial charge in [0.05, 0.1) is 16.5 Å². The number of carbonyl (C=O) groups excluding carboxylic acids is 3. The summed E-state index contributed by atoms with van der Waals surface area (Å²) < 4.78 is 51.2. The number of amides is 3. The summed E-state index contributed by atoms with van der Waals surface area (Å²) in [5.41, 5.74) is -0.0577. The van der Waals surface area contributed by atoms with Crippen molar-refractivity contribution in [2.45, 2.75) is 18.6 Å². The molecule has 2 aromatic rings. The lowest BCUT2D eigenvalue weighted by Crippen LogP contribution is -2.28. The maximum atomic E-state index is 13.6. The second-order valence-electron chi connectivity index (χ2n) is 7.00. The minimum Gasteiger partial charge on any atom is -0.457 e. The molecule has 1 atom stereocenters. The predicted molar refractivity (Wildman–Crippen MR) is 109 cm³/mol. The molecular weight excluding hydrogens is 449 g/mol. The standard InChI is InChI=1S/C21H15F3N2O5S/c22-21(23,24)15-8-12(9-17-18(27)26-20(29)32-17)3-6-16(15)31-14-4-1-11(2-5-14)7-13-10-30-19(28)25-13/h1-6,8-9,13H,7,10H2,(H,25,28)(H,26,27,29)/b17-9+. The molecule has 2 fully saturated rings. The summed E-state index contributed by atoms with van der Waals surface area (Å²) in [4.78, 5) is 34.0. The van der Waals surface area contributed by atoms with Crippen LogP contribution in [0, 0.1) is 0 Å². The van der Waals surface area contributed by atoms with Gasteiger partial charge in [-0.05, 0) is 59.7 Å². The molecule has 3 amide bonds. The molecule has 0 radical (unpaired) electrons. The minimum absolute atomic E-state index is 0.0104. The number of carbonyl (C=O) groups is 3. The average Bonchev–Trinajstić information content (AvgIpc) is 3.27. The molecule has 0 saturated carbocycles. The average molecular weight is 464 g/mol. The van der Waals surface area contributed by atoms with Crippen LogP contribution in [0.5, 0.6) is 11.5 Å². The smallest absolute Gasteiger partial charge is 0.420 e. The van der Waals surface area contributed by atoms with Crippen LogP contribution >= 0.6 is 11.8 Å². The lowest BCUT2D eigenvalue weighted by molar-refractivity contribution is -0.138. The van der Waals surface area contributed by atoms with Crippen molar-refractivity contribution >= 4 is 35.1 Å². The summed E-state index contributed by atoms with van der Waals surface area (Å²) in [5.74, 6) is -0.852. The Hall–Kier alpha value is -3.47. The zero-order chi connectivity index (χ0) is 22.9. The van der Waals surface area contributed by atoms with Gasteiger partial charge in [0.1, 0.15) is 18.1 Å². The highest BCUT2D eigenvalue weighted by atomic mass is 32.2. The number of rotatable bonds is 5. The Morgan fingerprint density at radius 2 is 1.88 bits per heavy atom. The second-order valence-corrected chi connectivity index (χ2v) is 8.01. The number of imide groups is 1. The SMILES string of the molecule is O=C1NC(Cc2ccc(Oc3ccc(/C=C4/SC(=O)NC4=O)cc3C(F)(F)F)cc2)CO1. The van der Waals surface area contributed by atoms with Gasteiger partial charge in [0, 0.05) is 0 Å². The second kappa shape index (κ2) is 8.58. The molecule has 2 heterocycles. The molecule has 0 spiro atoms. The zero-order valence-corrected chi connectivity index (χ0v) is 17.0. The van der Waals surface area contributed by atoms with E-state index in [-0.39, 0.29) is 28.9 Å². The summed E-state index contributed by atoms with van der Waals surface area (Å²) in [6, 6.07) is 9.68. The van der Waals surface area contributed by atoms with E-state index in [0.717, 1.165) is 17.7 Å². The van der Waals surface area contributed by atoms with Gasteiger partial charge in [-0.2, -0.15) is 13.2 Å². The Kier molecular flexibility index (Phi) is 5.83. The van der Waals surface area contributed by atoms with Crippen LogP contribution in [-0.2, 0) is 22.1 Å². The van der Waals surface area contributed by atoms with Gasteiger partial charge in [-0.15, -0.1) is 0 Å². The van der Waals surface area contributed by atoms with Crippen molar-refractivity contribution in [2.24, 2.45) is 0 Å². The first-order chi connectivity index (χ1) is 15.2. The summed E-state index contributed by atoms with van der Waals surface area (Å²) in [6.45, 7) is 0.253. The number of hydrogen-bond donors (Lipinski definition) is 2. The van der Waals surface area contributed by atoms with Crippen molar-refractivity contribution < 1.29 is 37.0 Å². The van der Waals surface area contributed by atoms with Crippen LogP contribution in [0.3, 0.4) is 0 Å². The van der Waals surface area contributed by atoms with Crippen LogP contribution < -0.4 is 15.4 Å². The molecule has 2 saturated heterocycles. The molecule has 0 aromatic heterocycles. The largest absolute Gasteiger partial charge is 0.457 e. The number of nitrogens with one attached hydrogen (secondary N) is 2. The van der Waals surface area contributed by atoms with E-state index in [1.807, 2.05) is 5.32 Å². The monoisotopic (exact) mass is 464 g/mol. The van der Waals surface area contributed by atoms with E-state index in [0.29, 0.717) is 18.2 Å². The van der Waals surface area contributed by atoms with E-state index in [4.69, 9.17) is 9.47 Å². The summed E-state index contributed by atoms with van der Waals surface area (Å²) in [6.07, 6.45) is -3.46. The molecule has 2 N–H and O–H groups in total. The molecule has 2 aliphatic heterocycles. The van der Waals surface area contributed by atoms with Gasteiger partial charge >= 0.3 is 12.3 Å². The molecule has 2 aliphatic rings. The predicted octanol–water partition coefficient (Wildman–Crippen LogP) is 4.47. The number of alkyl carbamates (subject to hydrolysis) is 1. The van der Waals surface area contributed by atoms with Crippen molar-refractivity contribution in [1.82, 2.24) is 10.6 Å². The molecule has 166 valence electrons. The lowest BCUT2D eigenvalue weighted by atomic mass is 10.1. The number of alkyl halides is 3. The number of ether oxygens (including phenoxy) is 2. The Bertz CT molecular complexity index is 1120. The summed E-state index contributed by atoms with van der Waals surface area (Å²) in [5, 5.41) is 4.12. The van der Waals surface area contributed by atoms with Gasteiger partial charge < -0.3 is 14.8 Å². The first kappa shape index (κ1) is 21.8. The van der Waals surface area contributed by atoms with Gasteiger partial charge in [-0.25, -0.2) is 4.79 Å². The van der Waals surface area contributed by atoms with Crippen molar-refractivity contribution in [3.8, 4) is 11.5 Å². The number of thioether (sulfide) groups is 1. The number of hydrogen-bond acceptors (Lipinski definition) is 6. The van der Waals surface area contributed by atoms with Gasteiger partial charge in [-0.1, -0.05) is 18.2 Å². The first-order valence-electron chi connectivity index (χ1n) is 9.33. The first-order valence-corrected chi connectivity index (χ1v) is 10.2. The van der Waals surface area contributed by atoms with Crippen LogP contribution in [0.4, 0.5) is 22.8 Å². The highest BCUT2D eigenvalue weighted by molar-refractivity contribution is 8.18. The van der Waals surface area contributed by atoms with Crippen LogP contribution in [-0.4, -0.2) is 29.9 Å². The molecule has 32 heavy (non-hydrogen) atoms. The molecule has 2 aromatic carbocycles. The van der Waals surface area contributed by atoms with Crippen molar-refractivity contribution in [2.75, 3.05) is 6.61 Å². The molecule has 0 aliphatic carbocycles. The Morgan fingerprint density at radius 3 is 2.47 bits per heavy atom. The number of benzene rings is 2. The topological polar surface area (TPSA) is 93.7 Å². The molecule has 7 nitrogen and oxygen atoms in total. The Balaban J connectivity index is 1.52. The molecule has 0 bridgehead atoms. The van der Waals surface area contributed by atoms with Crippen LogP contribution in [0.1, 0.15) is 16.7 Å². The third kappa shape index (κ3) is 5.05. The highest BCUT2D eigenvalue weighted by Crippen LogP contribution is 2.39. The van der Waals surface area contributed by atoms with Crippen molar-refractivity contribution in [3.05, 3.63) is 64.1 Å². The zero-order valence-electron chi connectivity index (χ0n) is 16.2. The van der Waals surface area contributed by atoms with Gasteiger partial charge in [0.15, 0.2) is 0 Å². The molecule has 11 heteroatoms. The van der Waals surface area contributed by atoms with Gasteiger partial charge in [0.2, 0.25) is 0 Å². The highest BCUT2D eigenvalue weighted by Gasteiger charge is 2.35. The fraction of sp³-hybridized carbons (Fsp3) is 0.190. The maximum Gasteiger partial charge on any atom is 0.420 e. The Labute approximate surface area is 184 Å². The van der Waals surface area contributed by atoms with Crippen LogP contribution in [0.25, 0.3) is 6.08 Å². The normalized spacial score (nSPS) is 19.7.